The summed E-state index contributed by atoms with van der Waals surface area (Å²) in [5, 5.41) is 4.64. The van der Waals surface area contributed by atoms with Gasteiger partial charge in [0, 0.05) is 44.4 Å². The summed E-state index contributed by atoms with van der Waals surface area (Å²) < 4.78 is 6.83. The molecule has 0 spiro atoms. The Balaban J connectivity index is 1.36. The van der Waals surface area contributed by atoms with Gasteiger partial charge in [0.2, 0.25) is 5.91 Å². The van der Waals surface area contributed by atoms with Gasteiger partial charge < -0.3 is 14.5 Å². The molecule has 2 fully saturated rings. The Morgan fingerprint density at radius 3 is 2.50 bits per heavy atom. The predicted molar refractivity (Wildman–Crippen MR) is 106 cm³/mol. The maximum absolute atomic E-state index is 12.4. The molecule has 7 heteroatoms. The van der Waals surface area contributed by atoms with Crippen LogP contribution in [0.25, 0.3) is 11.3 Å². The lowest BCUT2D eigenvalue weighted by Gasteiger charge is -2.34. The third-order valence-electron chi connectivity index (χ3n) is 5.57. The predicted octanol–water partition coefficient (Wildman–Crippen LogP) is 1.41. The van der Waals surface area contributed by atoms with Crippen LogP contribution in [0.3, 0.4) is 0 Å². The molecule has 4 rings (SSSR count). The average Bonchev–Trinajstić information content (AvgIpc) is 2.75. The van der Waals surface area contributed by atoms with Crippen LogP contribution in [0.2, 0.25) is 0 Å². The molecule has 0 radical (unpaired) electrons. The van der Waals surface area contributed by atoms with Crippen molar-refractivity contribution in [1.29, 1.82) is 0 Å². The molecular formula is C21H26N4O3. The largest absolute Gasteiger partial charge is 0.370 e. The van der Waals surface area contributed by atoms with Crippen molar-refractivity contribution in [3.63, 3.8) is 0 Å². The van der Waals surface area contributed by atoms with Crippen molar-refractivity contribution in [2.24, 2.45) is 0 Å². The fraction of sp³-hybridized carbons (Fsp3) is 0.476. The Bertz CT molecular complexity index is 859. The number of amides is 1. The van der Waals surface area contributed by atoms with E-state index in [1.165, 1.54) is 0 Å². The molecule has 2 aliphatic rings. The molecule has 1 amide bonds. The maximum Gasteiger partial charge on any atom is 0.267 e. The highest BCUT2D eigenvalue weighted by molar-refractivity contribution is 5.77. The van der Waals surface area contributed by atoms with Crippen LogP contribution in [0.15, 0.2) is 47.3 Å². The van der Waals surface area contributed by atoms with Crippen LogP contribution in [0.1, 0.15) is 18.9 Å². The molecule has 1 aromatic heterocycles. The summed E-state index contributed by atoms with van der Waals surface area (Å²) in [7, 11) is 0. The standard InChI is InChI=1S/C21H26N4O3/c26-20-7-6-19(17-4-2-1-3-5-17)22-25(20)18-8-10-23(11-9-18)12-13-24-14-15-28-16-21(24)27/h1-7,18H,8-16H2. The number of aromatic nitrogens is 2. The minimum Gasteiger partial charge on any atom is -0.370 e. The number of hydrogen-bond donors (Lipinski definition) is 0. The fourth-order valence-electron chi connectivity index (χ4n) is 3.89. The van der Waals surface area contributed by atoms with Gasteiger partial charge in [0.1, 0.15) is 6.61 Å². The van der Waals surface area contributed by atoms with Gasteiger partial charge in [-0.2, -0.15) is 5.10 Å². The monoisotopic (exact) mass is 382 g/mol. The zero-order valence-corrected chi connectivity index (χ0v) is 16.0. The highest BCUT2D eigenvalue weighted by atomic mass is 16.5. The summed E-state index contributed by atoms with van der Waals surface area (Å²) >= 11 is 0. The van der Waals surface area contributed by atoms with Gasteiger partial charge in [-0.1, -0.05) is 30.3 Å². The molecule has 0 aliphatic carbocycles. The molecule has 1 aromatic carbocycles. The van der Waals surface area contributed by atoms with E-state index in [2.05, 4.69) is 10.00 Å². The number of ether oxygens (including phenoxy) is 1. The quantitative estimate of drug-likeness (QED) is 0.782. The van der Waals surface area contributed by atoms with Crippen LogP contribution in [-0.4, -0.2) is 71.4 Å². The highest BCUT2D eigenvalue weighted by Gasteiger charge is 2.24. The van der Waals surface area contributed by atoms with Crippen LogP contribution >= 0.6 is 0 Å². The highest BCUT2D eigenvalue weighted by Crippen LogP contribution is 2.22. The van der Waals surface area contributed by atoms with Crippen molar-refractivity contribution in [1.82, 2.24) is 19.6 Å². The average molecular weight is 382 g/mol. The van der Waals surface area contributed by atoms with Gasteiger partial charge in [0.25, 0.3) is 5.56 Å². The van der Waals surface area contributed by atoms with Gasteiger partial charge in [-0.15, -0.1) is 0 Å². The lowest BCUT2D eigenvalue weighted by molar-refractivity contribution is -0.142. The van der Waals surface area contributed by atoms with Crippen molar-refractivity contribution in [2.75, 3.05) is 45.9 Å². The van der Waals surface area contributed by atoms with E-state index in [1.807, 2.05) is 35.2 Å². The number of rotatable bonds is 5. The van der Waals surface area contributed by atoms with Crippen LogP contribution in [0.4, 0.5) is 0 Å². The van der Waals surface area contributed by atoms with Crippen molar-refractivity contribution in [3.05, 3.63) is 52.8 Å². The molecule has 7 nitrogen and oxygen atoms in total. The second kappa shape index (κ2) is 8.67. The normalized spacial score (nSPS) is 19.1. The van der Waals surface area contributed by atoms with E-state index in [0.717, 1.165) is 50.3 Å². The summed E-state index contributed by atoms with van der Waals surface area (Å²) in [5.41, 5.74) is 1.80. The van der Waals surface area contributed by atoms with Gasteiger partial charge in [-0.25, -0.2) is 4.68 Å². The van der Waals surface area contributed by atoms with E-state index in [9.17, 15) is 9.59 Å². The van der Waals surface area contributed by atoms with Crippen molar-refractivity contribution < 1.29 is 9.53 Å². The minimum absolute atomic E-state index is 0.0444. The number of benzene rings is 1. The Kier molecular flexibility index (Phi) is 5.83. The maximum atomic E-state index is 12.4. The SMILES string of the molecule is O=C1COCCN1CCN1CCC(n2nc(-c3ccccc3)ccc2=O)CC1. The van der Waals surface area contributed by atoms with E-state index in [4.69, 9.17) is 4.74 Å². The van der Waals surface area contributed by atoms with E-state index in [-0.39, 0.29) is 24.1 Å². The molecule has 2 saturated heterocycles. The summed E-state index contributed by atoms with van der Waals surface area (Å²) in [5.74, 6) is 0.0783. The number of nitrogens with zero attached hydrogens (tertiary/aromatic N) is 4. The number of carbonyl (C=O) groups is 1. The first-order valence-electron chi connectivity index (χ1n) is 9.94. The van der Waals surface area contributed by atoms with E-state index in [1.54, 1.807) is 16.8 Å². The van der Waals surface area contributed by atoms with Crippen molar-refractivity contribution in [3.8, 4) is 11.3 Å². The number of likely N-dealkylation sites (tertiary alicyclic amines) is 1. The molecule has 0 saturated carbocycles. The first kappa shape index (κ1) is 18.8. The molecule has 0 bridgehead atoms. The Morgan fingerprint density at radius 2 is 1.75 bits per heavy atom. The van der Waals surface area contributed by atoms with Gasteiger partial charge in [-0.3, -0.25) is 9.59 Å². The van der Waals surface area contributed by atoms with Gasteiger partial charge in [0.05, 0.1) is 18.3 Å². The Labute approximate surface area is 164 Å². The van der Waals surface area contributed by atoms with E-state index in [0.29, 0.717) is 13.2 Å². The number of carbonyl (C=O) groups excluding carboxylic acids is 1. The van der Waals surface area contributed by atoms with Gasteiger partial charge in [0.15, 0.2) is 0 Å². The lowest BCUT2D eigenvalue weighted by Crippen LogP contribution is -2.47. The van der Waals surface area contributed by atoms with Crippen LogP contribution in [0, 0.1) is 0 Å². The number of morpholine rings is 1. The number of piperidine rings is 1. The molecule has 0 atom stereocenters. The smallest absolute Gasteiger partial charge is 0.267 e. The number of hydrogen-bond acceptors (Lipinski definition) is 5. The topological polar surface area (TPSA) is 67.7 Å². The molecule has 28 heavy (non-hydrogen) atoms. The second-order valence-electron chi connectivity index (χ2n) is 7.37. The fourth-order valence-corrected chi connectivity index (χ4v) is 3.89. The third-order valence-corrected chi connectivity index (χ3v) is 5.57. The summed E-state index contributed by atoms with van der Waals surface area (Å²) in [6, 6.07) is 13.5. The molecule has 3 heterocycles. The minimum atomic E-state index is -0.0444. The Hall–Kier alpha value is -2.51. The van der Waals surface area contributed by atoms with E-state index < -0.39 is 0 Å². The van der Waals surface area contributed by atoms with Crippen molar-refractivity contribution >= 4 is 5.91 Å². The molecular weight excluding hydrogens is 356 g/mol. The van der Waals surface area contributed by atoms with Gasteiger partial charge >= 0.3 is 0 Å². The first-order chi connectivity index (χ1) is 13.7. The first-order valence-corrected chi connectivity index (χ1v) is 9.94. The summed E-state index contributed by atoms with van der Waals surface area (Å²) in [6.07, 6.45) is 1.78. The summed E-state index contributed by atoms with van der Waals surface area (Å²) in [6.45, 7) is 4.94. The van der Waals surface area contributed by atoms with E-state index >= 15 is 0 Å². The lowest BCUT2D eigenvalue weighted by atomic mass is 10.0. The molecule has 148 valence electrons. The molecule has 0 unspecified atom stereocenters. The summed E-state index contributed by atoms with van der Waals surface area (Å²) in [4.78, 5) is 28.5. The van der Waals surface area contributed by atoms with Crippen molar-refractivity contribution in [2.45, 2.75) is 18.9 Å². The third kappa shape index (κ3) is 4.31. The van der Waals surface area contributed by atoms with Crippen LogP contribution in [-0.2, 0) is 9.53 Å². The van der Waals surface area contributed by atoms with Crippen LogP contribution < -0.4 is 5.56 Å². The second-order valence-corrected chi connectivity index (χ2v) is 7.37. The van der Waals surface area contributed by atoms with Gasteiger partial charge in [-0.05, 0) is 18.9 Å². The molecule has 0 N–H and O–H groups in total. The molecule has 2 aromatic rings. The Morgan fingerprint density at radius 1 is 0.964 bits per heavy atom. The zero-order chi connectivity index (χ0) is 19.3. The molecule has 2 aliphatic heterocycles. The zero-order valence-electron chi connectivity index (χ0n) is 16.0. The van der Waals surface area contributed by atoms with Crippen LogP contribution in [0.5, 0.6) is 0 Å².